The van der Waals surface area contributed by atoms with E-state index in [0.717, 1.165) is 5.92 Å². The molecule has 2 rings (SSSR count). The topological polar surface area (TPSA) is 21.3 Å². The molecule has 1 fully saturated rings. The second-order valence-corrected chi connectivity index (χ2v) is 4.36. The highest BCUT2D eigenvalue weighted by molar-refractivity contribution is 5.51. The number of ether oxygens (including phenoxy) is 1. The summed E-state index contributed by atoms with van der Waals surface area (Å²) in [5.74, 6) is 0.876. The van der Waals surface area contributed by atoms with Gasteiger partial charge in [-0.05, 0) is 31.7 Å². The molecule has 2 heteroatoms. The van der Waals surface area contributed by atoms with Crippen LogP contribution in [0.25, 0.3) is 0 Å². The van der Waals surface area contributed by atoms with Crippen LogP contribution in [0.15, 0.2) is 24.3 Å². The molecule has 1 saturated carbocycles. The third-order valence-electron chi connectivity index (χ3n) is 3.03. The zero-order valence-corrected chi connectivity index (χ0v) is 9.49. The van der Waals surface area contributed by atoms with E-state index in [4.69, 9.17) is 4.74 Å². The Morgan fingerprint density at radius 3 is 2.80 bits per heavy atom. The monoisotopic (exact) mass is 205 g/mol. The van der Waals surface area contributed by atoms with Crippen LogP contribution in [-0.2, 0) is 11.3 Å². The lowest BCUT2D eigenvalue weighted by molar-refractivity contribution is 0.185. The number of benzene rings is 1. The minimum atomic E-state index is 0.586. The van der Waals surface area contributed by atoms with Gasteiger partial charge in [0.05, 0.1) is 6.61 Å². The third-order valence-corrected chi connectivity index (χ3v) is 3.03. The maximum atomic E-state index is 5.19. The Balaban J connectivity index is 2.04. The van der Waals surface area contributed by atoms with Gasteiger partial charge in [0.1, 0.15) is 0 Å². The molecule has 0 aliphatic heterocycles. The van der Waals surface area contributed by atoms with E-state index in [1.54, 1.807) is 7.11 Å². The Morgan fingerprint density at radius 1 is 1.40 bits per heavy atom. The van der Waals surface area contributed by atoms with Crippen LogP contribution in [0.4, 0.5) is 5.69 Å². The van der Waals surface area contributed by atoms with E-state index < -0.39 is 0 Å². The molecular formula is C13H19NO. The number of hydrogen-bond acceptors (Lipinski definition) is 2. The molecule has 1 aliphatic carbocycles. The molecule has 0 heterocycles. The van der Waals surface area contributed by atoms with Crippen LogP contribution in [0.5, 0.6) is 0 Å². The largest absolute Gasteiger partial charge is 0.382 e. The molecule has 0 radical (unpaired) electrons. The van der Waals surface area contributed by atoms with Crippen LogP contribution < -0.4 is 5.32 Å². The number of methoxy groups -OCH3 is 1. The van der Waals surface area contributed by atoms with E-state index in [1.165, 1.54) is 24.1 Å². The molecule has 1 atom stereocenters. The summed E-state index contributed by atoms with van der Waals surface area (Å²) >= 11 is 0. The fraction of sp³-hybridized carbons (Fsp3) is 0.538. The van der Waals surface area contributed by atoms with Gasteiger partial charge in [-0.15, -0.1) is 0 Å². The van der Waals surface area contributed by atoms with Gasteiger partial charge < -0.3 is 10.1 Å². The summed E-state index contributed by atoms with van der Waals surface area (Å²) in [5, 5.41) is 3.58. The zero-order valence-electron chi connectivity index (χ0n) is 9.49. The number of para-hydroxylation sites is 1. The molecule has 1 unspecified atom stereocenters. The van der Waals surface area contributed by atoms with Crippen molar-refractivity contribution in [3.63, 3.8) is 0 Å². The molecule has 0 spiro atoms. The van der Waals surface area contributed by atoms with Gasteiger partial charge in [-0.25, -0.2) is 0 Å². The average Bonchev–Trinajstić information content (AvgIpc) is 3.04. The van der Waals surface area contributed by atoms with Crippen LogP contribution in [0.1, 0.15) is 25.3 Å². The average molecular weight is 205 g/mol. The van der Waals surface area contributed by atoms with Gasteiger partial charge in [0.2, 0.25) is 0 Å². The Kier molecular flexibility index (Phi) is 3.27. The molecule has 15 heavy (non-hydrogen) atoms. The third kappa shape index (κ3) is 2.72. The summed E-state index contributed by atoms with van der Waals surface area (Å²) in [6, 6.07) is 8.96. The van der Waals surface area contributed by atoms with Crippen molar-refractivity contribution in [3.8, 4) is 0 Å². The molecule has 2 nitrogen and oxygen atoms in total. The number of nitrogens with one attached hydrogen (secondary N) is 1. The van der Waals surface area contributed by atoms with Crippen molar-refractivity contribution in [1.29, 1.82) is 0 Å². The van der Waals surface area contributed by atoms with Gasteiger partial charge >= 0.3 is 0 Å². The predicted molar refractivity (Wildman–Crippen MR) is 63.0 cm³/mol. The Bertz CT molecular complexity index is 320. The molecular weight excluding hydrogens is 186 g/mol. The molecule has 0 aromatic heterocycles. The lowest BCUT2D eigenvalue weighted by atomic mass is 10.1. The summed E-state index contributed by atoms with van der Waals surface area (Å²) < 4.78 is 5.19. The zero-order chi connectivity index (χ0) is 10.7. The lowest BCUT2D eigenvalue weighted by Crippen LogP contribution is -2.18. The van der Waals surface area contributed by atoms with Crippen molar-refractivity contribution < 1.29 is 4.74 Å². The van der Waals surface area contributed by atoms with Gasteiger partial charge in [0.15, 0.2) is 0 Å². The molecule has 82 valence electrons. The Labute approximate surface area is 91.6 Å². The SMILES string of the molecule is COCc1ccccc1NC(C)C1CC1. The quantitative estimate of drug-likeness (QED) is 0.797. The smallest absolute Gasteiger partial charge is 0.0733 e. The van der Waals surface area contributed by atoms with Gasteiger partial charge in [-0.1, -0.05) is 18.2 Å². The maximum absolute atomic E-state index is 5.19. The number of anilines is 1. The highest BCUT2D eigenvalue weighted by Gasteiger charge is 2.27. The minimum absolute atomic E-state index is 0.586. The second-order valence-electron chi connectivity index (χ2n) is 4.36. The molecule has 1 N–H and O–H groups in total. The first-order valence-electron chi connectivity index (χ1n) is 5.64. The van der Waals surface area contributed by atoms with Crippen molar-refractivity contribution in [2.45, 2.75) is 32.4 Å². The van der Waals surface area contributed by atoms with E-state index in [9.17, 15) is 0 Å². The van der Waals surface area contributed by atoms with Crippen LogP contribution in [0.2, 0.25) is 0 Å². The summed E-state index contributed by atoms with van der Waals surface area (Å²) in [5.41, 5.74) is 2.46. The molecule has 1 aromatic rings. The number of rotatable bonds is 5. The molecule has 0 saturated heterocycles. The minimum Gasteiger partial charge on any atom is -0.382 e. The predicted octanol–water partition coefficient (Wildman–Crippen LogP) is 3.04. The summed E-state index contributed by atoms with van der Waals surface area (Å²) in [4.78, 5) is 0. The van der Waals surface area contributed by atoms with E-state index in [2.05, 4.69) is 36.5 Å². The summed E-state index contributed by atoms with van der Waals surface area (Å²) in [6.07, 6.45) is 2.75. The van der Waals surface area contributed by atoms with Crippen molar-refractivity contribution in [1.82, 2.24) is 0 Å². The normalized spacial score (nSPS) is 17.5. The van der Waals surface area contributed by atoms with E-state index in [0.29, 0.717) is 12.6 Å². The van der Waals surface area contributed by atoms with Crippen molar-refractivity contribution in [2.75, 3.05) is 12.4 Å². The second kappa shape index (κ2) is 4.67. The Hall–Kier alpha value is -1.02. The van der Waals surface area contributed by atoms with Gasteiger partial charge in [-0.3, -0.25) is 0 Å². The van der Waals surface area contributed by atoms with Crippen LogP contribution in [0.3, 0.4) is 0 Å². The first-order valence-corrected chi connectivity index (χ1v) is 5.64. The van der Waals surface area contributed by atoms with Crippen LogP contribution in [0, 0.1) is 5.92 Å². The highest BCUT2D eigenvalue weighted by Crippen LogP contribution is 2.34. The van der Waals surface area contributed by atoms with Gasteiger partial charge in [0, 0.05) is 24.4 Å². The van der Waals surface area contributed by atoms with Crippen LogP contribution >= 0.6 is 0 Å². The summed E-state index contributed by atoms with van der Waals surface area (Å²) in [7, 11) is 1.74. The van der Waals surface area contributed by atoms with E-state index in [1.807, 2.05) is 0 Å². The summed E-state index contributed by atoms with van der Waals surface area (Å²) in [6.45, 7) is 2.95. The molecule has 1 aromatic carbocycles. The standard InChI is InChI=1S/C13H19NO/c1-10(11-7-8-11)14-13-6-4-3-5-12(13)9-15-2/h3-6,10-11,14H,7-9H2,1-2H3. The first kappa shape index (κ1) is 10.5. The van der Waals surface area contributed by atoms with Gasteiger partial charge in [-0.2, -0.15) is 0 Å². The van der Waals surface area contributed by atoms with Crippen molar-refractivity contribution >= 4 is 5.69 Å². The fourth-order valence-electron chi connectivity index (χ4n) is 1.90. The fourth-order valence-corrected chi connectivity index (χ4v) is 1.90. The first-order chi connectivity index (χ1) is 7.31. The lowest BCUT2D eigenvalue weighted by Gasteiger charge is -2.17. The van der Waals surface area contributed by atoms with E-state index in [-0.39, 0.29) is 0 Å². The van der Waals surface area contributed by atoms with Crippen LogP contribution in [-0.4, -0.2) is 13.2 Å². The van der Waals surface area contributed by atoms with E-state index >= 15 is 0 Å². The Morgan fingerprint density at radius 2 is 2.13 bits per heavy atom. The van der Waals surface area contributed by atoms with Gasteiger partial charge in [0.25, 0.3) is 0 Å². The maximum Gasteiger partial charge on any atom is 0.0733 e. The van der Waals surface area contributed by atoms with Crippen molar-refractivity contribution in [2.24, 2.45) is 5.92 Å². The molecule has 1 aliphatic rings. The molecule has 0 amide bonds. The van der Waals surface area contributed by atoms with Crippen molar-refractivity contribution in [3.05, 3.63) is 29.8 Å². The molecule has 0 bridgehead atoms. The number of hydrogen-bond donors (Lipinski definition) is 1. The highest BCUT2D eigenvalue weighted by atomic mass is 16.5.